The molecule has 0 aromatic rings. The first-order valence-corrected chi connectivity index (χ1v) is 3.18. The van der Waals surface area contributed by atoms with Crippen molar-refractivity contribution in [2.45, 2.75) is 25.9 Å². The molecule has 0 rings (SSSR count). The molecule has 9 heavy (non-hydrogen) atoms. The molecule has 0 saturated heterocycles. The van der Waals surface area contributed by atoms with E-state index in [-0.39, 0.29) is 25.3 Å². The molecule has 0 radical (unpaired) electrons. The van der Waals surface area contributed by atoms with Crippen molar-refractivity contribution >= 4 is 0 Å². The van der Waals surface area contributed by atoms with Crippen molar-refractivity contribution in [3.05, 3.63) is 0 Å². The largest absolute Gasteiger partial charge is 0.395 e. The maximum Gasteiger partial charge on any atom is 0.0582 e. The van der Waals surface area contributed by atoms with Gasteiger partial charge in [-0.2, -0.15) is 0 Å². The van der Waals surface area contributed by atoms with Crippen molar-refractivity contribution in [2.75, 3.05) is 13.2 Å². The number of hydrogen-bond acceptors (Lipinski definition) is 3. The van der Waals surface area contributed by atoms with Gasteiger partial charge in [0.1, 0.15) is 0 Å². The van der Waals surface area contributed by atoms with Crippen LogP contribution in [0.25, 0.3) is 0 Å². The third kappa shape index (κ3) is 4.39. The Morgan fingerprint density at radius 3 is 1.67 bits per heavy atom. The summed E-state index contributed by atoms with van der Waals surface area (Å²) in [5.74, 6) is 0. The number of rotatable bonds is 4. The normalized spacial score (nSPS) is 17.3. The molecule has 0 spiro atoms. The van der Waals surface area contributed by atoms with Gasteiger partial charge in [-0.15, -0.1) is 0 Å². The highest BCUT2D eigenvalue weighted by Crippen LogP contribution is 1.83. The van der Waals surface area contributed by atoms with Crippen molar-refractivity contribution in [3.63, 3.8) is 0 Å². The second-order valence-corrected chi connectivity index (χ2v) is 2.33. The summed E-state index contributed by atoms with van der Waals surface area (Å²) in [5, 5.41) is 20.0. The van der Waals surface area contributed by atoms with E-state index in [1.54, 1.807) is 0 Å². The molecule has 0 heterocycles. The third-order valence-corrected chi connectivity index (χ3v) is 1.12. The number of aliphatic hydroxyl groups excluding tert-OH is 2. The lowest BCUT2D eigenvalue weighted by atomic mass is 10.3. The third-order valence-electron chi connectivity index (χ3n) is 1.12. The van der Waals surface area contributed by atoms with Gasteiger partial charge < -0.3 is 15.5 Å². The highest BCUT2D eigenvalue weighted by Gasteiger charge is 2.02. The predicted octanol–water partition coefficient (Wildman–Crippen LogP) is -0.662. The minimum atomic E-state index is 0.0761. The fourth-order valence-electron chi connectivity index (χ4n) is 0.591. The molecule has 0 aliphatic heterocycles. The lowest BCUT2D eigenvalue weighted by Gasteiger charge is -2.15. The second kappa shape index (κ2) is 4.73. The lowest BCUT2D eigenvalue weighted by molar-refractivity contribution is 0.206. The molecule has 3 nitrogen and oxygen atoms in total. The maximum absolute atomic E-state index is 8.54. The Balaban J connectivity index is 3.22. The Kier molecular flexibility index (Phi) is 4.67. The maximum atomic E-state index is 8.54. The van der Waals surface area contributed by atoms with Gasteiger partial charge in [-0.3, -0.25) is 0 Å². The molecule has 0 aliphatic carbocycles. The van der Waals surface area contributed by atoms with Crippen molar-refractivity contribution in [1.29, 1.82) is 0 Å². The molecule has 0 bridgehead atoms. The Hall–Kier alpha value is -0.120. The first-order valence-electron chi connectivity index (χ1n) is 3.18. The van der Waals surface area contributed by atoms with Crippen LogP contribution in [0.3, 0.4) is 0 Å². The Bertz CT molecular complexity index is 60.1. The highest BCUT2D eigenvalue weighted by atomic mass is 16.3. The lowest BCUT2D eigenvalue weighted by Crippen LogP contribution is -2.38. The van der Waals surface area contributed by atoms with Gasteiger partial charge in [-0.25, -0.2) is 0 Å². The number of nitrogens with one attached hydrogen (secondary N) is 1. The van der Waals surface area contributed by atoms with Gasteiger partial charge in [-0.1, -0.05) is 0 Å². The molecule has 3 heteroatoms. The molecule has 0 amide bonds. The zero-order valence-electron chi connectivity index (χ0n) is 5.96. The number of aliphatic hydroxyl groups is 2. The first kappa shape index (κ1) is 8.88. The van der Waals surface area contributed by atoms with Crippen LogP contribution in [-0.2, 0) is 0 Å². The molecule has 56 valence electrons. The van der Waals surface area contributed by atoms with E-state index in [0.29, 0.717) is 0 Å². The van der Waals surface area contributed by atoms with Crippen LogP contribution >= 0.6 is 0 Å². The molecule has 0 fully saturated rings. The van der Waals surface area contributed by atoms with E-state index in [4.69, 9.17) is 10.2 Å². The van der Waals surface area contributed by atoms with E-state index in [1.165, 1.54) is 0 Å². The summed E-state index contributed by atoms with van der Waals surface area (Å²) in [6.07, 6.45) is 0. The van der Waals surface area contributed by atoms with Crippen LogP contribution < -0.4 is 5.32 Å². The quantitative estimate of drug-likeness (QED) is 0.477. The van der Waals surface area contributed by atoms with E-state index in [9.17, 15) is 0 Å². The monoisotopic (exact) mass is 133 g/mol. The minimum Gasteiger partial charge on any atom is -0.395 e. The molecule has 0 saturated carbocycles. The van der Waals surface area contributed by atoms with Gasteiger partial charge >= 0.3 is 0 Å². The highest BCUT2D eigenvalue weighted by molar-refractivity contribution is 4.64. The predicted molar refractivity (Wildman–Crippen MR) is 36.2 cm³/mol. The zero-order chi connectivity index (χ0) is 7.28. The Morgan fingerprint density at radius 2 is 1.44 bits per heavy atom. The van der Waals surface area contributed by atoms with Gasteiger partial charge in [0.05, 0.1) is 13.2 Å². The second-order valence-electron chi connectivity index (χ2n) is 2.33. The summed E-state index contributed by atoms with van der Waals surface area (Å²) in [6, 6.07) is 0.152. The van der Waals surface area contributed by atoms with Crippen LogP contribution in [0, 0.1) is 0 Å². The topological polar surface area (TPSA) is 52.5 Å². The van der Waals surface area contributed by atoms with Crippen molar-refractivity contribution in [3.8, 4) is 0 Å². The van der Waals surface area contributed by atoms with Crippen molar-refractivity contribution < 1.29 is 10.2 Å². The summed E-state index contributed by atoms with van der Waals surface area (Å²) < 4.78 is 0. The Labute approximate surface area is 55.7 Å². The SMILES string of the molecule is C[C@H](CO)N[C@@H](C)CO. The van der Waals surface area contributed by atoms with Gasteiger partial charge in [-0.05, 0) is 13.8 Å². The van der Waals surface area contributed by atoms with Gasteiger partial charge in [0.2, 0.25) is 0 Å². The summed E-state index contributed by atoms with van der Waals surface area (Å²) in [6.45, 7) is 3.97. The van der Waals surface area contributed by atoms with Crippen LogP contribution in [0.15, 0.2) is 0 Å². The van der Waals surface area contributed by atoms with Crippen LogP contribution in [0.5, 0.6) is 0 Å². The van der Waals surface area contributed by atoms with Gasteiger partial charge in [0, 0.05) is 12.1 Å². The molecule has 3 N–H and O–H groups in total. The fraction of sp³-hybridized carbons (Fsp3) is 1.00. The van der Waals surface area contributed by atoms with Gasteiger partial charge in [0.25, 0.3) is 0 Å². The molecule has 2 atom stereocenters. The first-order chi connectivity index (χ1) is 4.20. The summed E-state index contributed by atoms with van der Waals surface area (Å²) in [5.41, 5.74) is 0. The van der Waals surface area contributed by atoms with Crippen LogP contribution in [0.2, 0.25) is 0 Å². The Morgan fingerprint density at radius 1 is 1.11 bits per heavy atom. The summed E-state index contributed by atoms with van der Waals surface area (Å²) >= 11 is 0. The molecular formula is C6H15NO2. The molecular weight excluding hydrogens is 118 g/mol. The van der Waals surface area contributed by atoms with E-state index in [1.807, 2.05) is 13.8 Å². The average molecular weight is 133 g/mol. The van der Waals surface area contributed by atoms with E-state index < -0.39 is 0 Å². The number of hydrogen-bond donors (Lipinski definition) is 3. The van der Waals surface area contributed by atoms with Crippen LogP contribution in [-0.4, -0.2) is 35.5 Å². The van der Waals surface area contributed by atoms with E-state index in [2.05, 4.69) is 5.32 Å². The van der Waals surface area contributed by atoms with Crippen LogP contribution in [0.1, 0.15) is 13.8 Å². The fourth-order valence-corrected chi connectivity index (χ4v) is 0.591. The van der Waals surface area contributed by atoms with E-state index >= 15 is 0 Å². The van der Waals surface area contributed by atoms with Crippen molar-refractivity contribution in [2.24, 2.45) is 0 Å². The minimum absolute atomic E-state index is 0.0761. The van der Waals surface area contributed by atoms with Crippen molar-refractivity contribution in [1.82, 2.24) is 5.32 Å². The molecule has 0 aliphatic rings. The summed E-state index contributed by atoms with van der Waals surface area (Å²) in [7, 11) is 0. The zero-order valence-corrected chi connectivity index (χ0v) is 5.96. The standard InChI is InChI=1S/C6H15NO2/c1-5(3-8)7-6(2)4-9/h5-9H,3-4H2,1-2H3/t5-,6+. The van der Waals surface area contributed by atoms with E-state index in [0.717, 1.165) is 0 Å². The molecule has 0 unspecified atom stereocenters. The smallest absolute Gasteiger partial charge is 0.0582 e. The molecule has 0 aromatic heterocycles. The average Bonchev–Trinajstić information content (AvgIpc) is 1.87. The van der Waals surface area contributed by atoms with Gasteiger partial charge in [0.15, 0.2) is 0 Å². The molecule has 0 aromatic carbocycles. The summed E-state index contributed by atoms with van der Waals surface area (Å²) in [4.78, 5) is 0. The van der Waals surface area contributed by atoms with Crippen LogP contribution in [0.4, 0.5) is 0 Å².